The minimum atomic E-state index is 0.569. The molecule has 0 saturated heterocycles. The summed E-state index contributed by atoms with van der Waals surface area (Å²) in [6.07, 6.45) is 3.76. The van der Waals surface area contributed by atoms with Gasteiger partial charge in [0.15, 0.2) is 0 Å². The van der Waals surface area contributed by atoms with Crippen molar-refractivity contribution >= 4 is 39.9 Å². The van der Waals surface area contributed by atoms with Gasteiger partial charge in [0.1, 0.15) is 5.65 Å². The lowest BCUT2D eigenvalue weighted by atomic mass is 10.2. The number of aryl methyl sites for hydroxylation is 1. The number of fused-ring (bicyclic) bond motifs is 1. The van der Waals surface area contributed by atoms with Crippen molar-refractivity contribution in [3.05, 3.63) is 70.2 Å². The fraction of sp³-hybridized carbons (Fsp3) is 0.0556. The molecule has 0 radical (unpaired) electrons. The van der Waals surface area contributed by atoms with Gasteiger partial charge < -0.3 is 5.32 Å². The van der Waals surface area contributed by atoms with Gasteiger partial charge in [0.2, 0.25) is 5.95 Å². The van der Waals surface area contributed by atoms with Crippen molar-refractivity contribution in [3.63, 3.8) is 0 Å². The molecule has 0 aliphatic rings. The fourth-order valence-corrected chi connectivity index (χ4v) is 2.99. The lowest BCUT2D eigenvalue weighted by Gasteiger charge is -2.07. The van der Waals surface area contributed by atoms with E-state index in [2.05, 4.69) is 42.9 Å². The summed E-state index contributed by atoms with van der Waals surface area (Å²) in [5.41, 5.74) is 4.64. The molecule has 1 N–H and O–H groups in total. The van der Waals surface area contributed by atoms with Crippen molar-refractivity contribution in [1.82, 2.24) is 19.4 Å². The molecule has 1 aromatic carbocycles. The van der Waals surface area contributed by atoms with Gasteiger partial charge in [0, 0.05) is 21.7 Å². The molecule has 0 unspecified atom stereocenters. The number of halogens is 1. The first-order chi connectivity index (χ1) is 11.7. The summed E-state index contributed by atoms with van der Waals surface area (Å²) in [6.45, 7) is 2.00. The van der Waals surface area contributed by atoms with E-state index in [1.54, 1.807) is 6.20 Å². The summed E-state index contributed by atoms with van der Waals surface area (Å²) in [5, 5.41) is 3.25. The van der Waals surface area contributed by atoms with Crippen molar-refractivity contribution in [2.75, 3.05) is 5.32 Å². The van der Waals surface area contributed by atoms with Gasteiger partial charge in [0.05, 0.1) is 17.1 Å². The number of imidazole rings is 1. The van der Waals surface area contributed by atoms with E-state index in [1.165, 1.54) is 3.57 Å². The Morgan fingerprint density at radius 3 is 2.67 bits per heavy atom. The van der Waals surface area contributed by atoms with Crippen LogP contribution in [0, 0.1) is 10.5 Å². The Labute approximate surface area is 152 Å². The monoisotopic (exact) mass is 427 g/mol. The van der Waals surface area contributed by atoms with Crippen molar-refractivity contribution < 1.29 is 0 Å². The molecule has 0 bridgehead atoms. The molecule has 0 aliphatic heterocycles. The van der Waals surface area contributed by atoms with Crippen LogP contribution in [0.4, 0.5) is 11.6 Å². The molecular formula is C18H14IN5. The summed E-state index contributed by atoms with van der Waals surface area (Å²) in [4.78, 5) is 13.6. The minimum absolute atomic E-state index is 0.569. The summed E-state index contributed by atoms with van der Waals surface area (Å²) < 4.78 is 3.24. The number of benzene rings is 1. The topological polar surface area (TPSA) is 55.1 Å². The Balaban J connectivity index is 1.74. The molecule has 4 aromatic rings. The number of anilines is 2. The lowest BCUT2D eigenvalue weighted by molar-refractivity contribution is 1.12. The summed E-state index contributed by atoms with van der Waals surface area (Å²) >= 11 is 2.28. The van der Waals surface area contributed by atoms with Gasteiger partial charge in [-0.05, 0) is 72.0 Å². The molecule has 5 nitrogen and oxygen atoms in total. The standard InChI is InChI=1S/C18H14IN5/c1-12-17(24-11-3-2-4-16(24)21-12)15-9-10-20-18(23-15)22-14-7-5-13(19)6-8-14/h2-11H,1H3,(H,20,22,23). The Bertz CT molecular complexity index is 1010. The zero-order valence-electron chi connectivity index (χ0n) is 12.9. The van der Waals surface area contributed by atoms with Crippen LogP contribution < -0.4 is 5.32 Å². The van der Waals surface area contributed by atoms with E-state index in [0.29, 0.717) is 5.95 Å². The molecule has 118 valence electrons. The maximum atomic E-state index is 4.66. The number of nitrogens with one attached hydrogen (secondary N) is 1. The van der Waals surface area contributed by atoms with Crippen LogP contribution in [0.1, 0.15) is 5.69 Å². The predicted octanol–water partition coefficient (Wildman–Crippen LogP) is 4.45. The van der Waals surface area contributed by atoms with Crippen LogP contribution in [0.25, 0.3) is 17.0 Å². The van der Waals surface area contributed by atoms with Crippen LogP contribution in [-0.4, -0.2) is 19.4 Å². The molecule has 0 fully saturated rings. The molecular weight excluding hydrogens is 413 g/mol. The third-order valence-corrected chi connectivity index (χ3v) is 4.42. The smallest absolute Gasteiger partial charge is 0.227 e. The highest BCUT2D eigenvalue weighted by atomic mass is 127. The molecule has 0 atom stereocenters. The third-order valence-electron chi connectivity index (χ3n) is 3.70. The number of hydrogen-bond acceptors (Lipinski definition) is 4. The number of rotatable bonds is 3. The molecule has 0 spiro atoms. The van der Waals surface area contributed by atoms with Crippen LogP contribution in [0.15, 0.2) is 60.9 Å². The molecule has 0 aliphatic carbocycles. The van der Waals surface area contributed by atoms with E-state index in [0.717, 1.165) is 28.4 Å². The van der Waals surface area contributed by atoms with Crippen LogP contribution in [-0.2, 0) is 0 Å². The number of pyridine rings is 1. The molecule has 3 heterocycles. The van der Waals surface area contributed by atoms with Gasteiger partial charge in [-0.25, -0.2) is 15.0 Å². The highest BCUT2D eigenvalue weighted by Gasteiger charge is 2.12. The van der Waals surface area contributed by atoms with Crippen LogP contribution >= 0.6 is 22.6 Å². The summed E-state index contributed by atoms with van der Waals surface area (Å²) in [6, 6.07) is 16.0. The fourth-order valence-electron chi connectivity index (χ4n) is 2.64. The average Bonchev–Trinajstić information content (AvgIpc) is 2.93. The predicted molar refractivity (Wildman–Crippen MR) is 103 cm³/mol. The zero-order chi connectivity index (χ0) is 16.5. The van der Waals surface area contributed by atoms with E-state index in [4.69, 9.17) is 0 Å². The number of hydrogen-bond donors (Lipinski definition) is 1. The normalized spacial score (nSPS) is 10.9. The average molecular weight is 427 g/mol. The highest BCUT2D eigenvalue weighted by molar-refractivity contribution is 14.1. The highest BCUT2D eigenvalue weighted by Crippen LogP contribution is 2.24. The third kappa shape index (κ3) is 2.84. The van der Waals surface area contributed by atoms with Gasteiger partial charge in [-0.1, -0.05) is 6.07 Å². The van der Waals surface area contributed by atoms with Crippen molar-refractivity contribution in [2.45, 2.75) is 6.92 Å². The first kappa shape index (κ1) is 15.1. The van der Waals surface area contributed by atoms with Gasteiger partial charge in [-0.3, -0.25) is 4.40 Å². The Morgan fingerprint density at radius 1 is 1.00 bits per heavy atom. The quantitative estimate of drug-likeness (QED) is 0.491. The summed E-state index contributed by atoms with van der Waals surface area (Å²) in [7, 11) is 0. The van der Waals surface area contributed by atoms with Gasteiger partial charge in [-0.2, -0.15) is 0 Å². The second-order valence-electron chi connectivity index (χ2n) is 5.37. The van der Waals surface area contributed by atoms with Crippen molar-refractivity contribution in [3.8, 4) is 11.4 Å². The minimum Gasteiger partial charge on any atom is -0.324 e. The van der Waals surface area contributed by atoms with Crippen LogP contribution in [0.2, 0.25) is 0 Å². The van der Waals surface area contributed by atoms with Gasteiger partial charge >= 0.3 is 0 Å². The number of nitrogens with zero attached hydrogens (tertiary/aromatic N) is 4. The first-order valence-electron chi connectivity index (χ1n) is 7.50. The van der Waals surface area contributed by atoms with Crippen molar-refractivity contribution in [1.29, 1.82) is 0 Å². The van der Waals surface area contributed by atoms with Gasteiger partial charge in [0.25, 0.3) is 0 Å². The molecule has 0 amide bonds. The maximum absolute atomic E-state index is 4.66. The molecule has 6 heteroatoms. The summed E-state index contributed by atoms with van der Waals surface area (Å²) in [5.74, 6) is 0.569. The Hall–Kier alpha value is -2.48. The van der Waals surface area contributed by atoms with Gasteiger partial charge in [-0.15, -0.1) is 0 Å². The van der Waals surface area contributed by atoms with E-state index >= 15 is 0 Å². The zero-order valence-corrected chi connectivity index (χ0v) is 15.1. The molecule has 24 heavy (non-hydrogen) atoms. The first-order valence-corrected chi connectivity index (χ1v) is 8.58. The SMILES string of the molecule is Cc1nc2ccccn2c1-c1ccnc(Nc2ccc(I)cc2)n1. The lowest BCUT2D eigenvalue weighted by Crippen LogP contribution is -1.99. The molecule has 0 saturated carbocycles. The van der Waals surface area contributed by atoms with Crippen LogP contribution in [0.3, 0.4) is 0 Å². The Morgan fingerprint density at radius 2 is 1.83 bits per heavy atom. The van der Waals surface area contributed by atoms with Crippen molar-refractivity contribution in [2.24, 2.45) is 0 Å². The largest absolute Gasteiger partial charge is 0.324 e. The van der Waals surface area contributed by atoms with E-state index in [-0.39, 0.29) is 0 Å². The Kier molecular flexibility index (Phi) is 3.89. The van der Waals surface area contributed by atoms with E-state index in [1.807, 2.05) is 66.1 Å². The molecule has 3 aromatic heterocycles. The van der Waals surface area contributed by atoms with E-state index in [9.17, 15) is 0 Å². The van der Waals surface area contributed by atoms with Crippen LogP contribution in [0.5, 0.6) is 0 Å². The number of aromatic nitrogens is 4. The molecule has 4 rings (SSSR count). The van der Waals surface area contributed by atoms with E-state index < -0.39 is 0 Å². The second kappa shape index (κ2) is 6.20. The maximum Gasteiger partial charge on any atom is 0.227 e. The second-order valence-corrected chi connectivity index (χ2v) is 6.62.